The number of rotatable bonds is 2. The van der Waals surface area contributed by atoms with Crippen molar-refractivity contribution in [3.63, 3.8) is 0 Å². The standard InChI is InChI=1S/C19H13ClN2O3S/c1-9-5-12-14(23)8-16(25-15(12)6-10(9)2)18(24)22-19-21-13-4-3-11(20)7-17(13)26-19/h3-8H,1-2H3,(H,21,22,24). The molecule has 0 aliphatic carbocycles. The third-order valence-corrected chi connectivity index (χ3v) is 5.31. The largest absolute Gasteiger partial charge is 0.451 e. The molecule has 130 valence electrons. The molecule has 1 N–H and O–H groups in total. The van der Waals surface area contributed by atoms with Gasteiger partial charge in [0.1, 0.15) is 5.58 Å². The molecule has 0 bridgehead atoms. The Kier molecular flexibility index (Phi) is 4.01. The fourth-order valence-corrected chi connectivity index (χ4v) is 3.77. The van der Waals surface area contributed by atoms with Gasteiger partial charge in [0.15, 0.2) is 16.3 Å². The SMILES string of the molecule is Cc1cc2oc(C(=O)Nc3nc4ccc(Cl)cc4s3)cc(=O)c2cc1C. The number of benzene rings is 2. The van der Waals surface area contributed by atoms with E-state index in [-0.39, 0.29) is 11.2 Å². The van der Waals surface area contributed by atoms with E-state index in [0.717, 1.165) is 21.3 Å². The maximum Gasteiger partial charge on any atom is 0.293 e. The number of hydrogen-bond acceptors (Lipinski definition) is 5. The fraction of sp³-hybridized carbons (Fsp3) is 0.105. The Morgan fingerprint density at radius 2 is 1.92 bits per heavy atom. The number of halogens is 1. The van der Waals surface area contributed by atoms with Crippen molar-refractivity contribution in [2.45, 2.75) is 13.8 Å². The number of nitrogens with zero attached hydrogens (tertiary/aromatic N) is 1. The Balaban J connectivity index is 1.71. The molecule has 26 heavy (non-hydrogen) atoms. The first kappa shape index (κ1) is 16.8. The van der Waals surface area contributed by atoms with Crippen LogP contribution in [-0.4, -0.2) is 10.9 Å². The number of amides is 1. The van der Waals surface area contributed by atoms with Crippen LogP contribution in [0.15, 0.2) is 45.6 Å². The summed E-state index contributed by atoms with van der Waals surface area (Å²) in [5.74, 6) is -0.574. The molecule has 0 aliphatic rings. The normalized spacial score (nSPS) is 11.2. The molecule has 0 aliphatic heterocycles. The quantitative estimate of drug-likeness (QED) is 0.532. The van der Waals surface area contributed by atoms with Gasteiger partial charge in [0.2, 0.25) is 0 Å². The van der Waals surface area contributed by atoms with E-state index >= 15 is 0 Å². The van der Waals surface area contributed by atoms with Crippen LogP contribution >= 0.6 is 22.9 Å². The number of hydrogen-bond donors (Lipinski definition) is 1. The summed E-state index contributed by atoms with van der Waals surface area (Å²) < 4.78 is 6.51. The molecule has 0 saturated carbocycles. The van der Waals surface area contributed by atoms with Gasteiger partial charge in [-0.1, -0.05) is 22.9 Å². The second kappa shape index (κ2) is 6.23. The monoisotopic (exact) mass is 384 g/mol. The van der Waals surface area contributed by atoms with E-state index in [2.05, 4.69) is 10.3 Å². The summed E-state index contributed by atoms with van der Waals surface area (Å²) in [5.41, 5.74) is 2.86. The number of carbonyl (C=O) groups is 1. The highest BCUT2D eigenvalue weighted by atomic mass is 35.5. The number of nitrogens with one attached hydrogen (secondary N) is 1. The Morgan fingerprint density at radius 1 is 1.15 bits per heavy atom. The zero-order valence-electron chi connectivity index (χ0n) is 13.9. The van der Waals surface area contributed by atoms with Crippen LogP contribution in [0.3, 0.4) is 0 Å². The molecule has 5 nitrogen and oxygen atoms in total. The Morgan fingerprint density at radius 3 is 2.73 bits per heavy atom. The van der Waals surface area contributed by atoms with E-state index in [9.17, 15) is 9.59 Å². The van der Waals surface area contributed by atoms with E-state index in [1.54, 1.807) is 30.3 Å². The van der Waals surface area contributed by atoms with E-state index in [0.29, 0.717) is 21.1 Å². The average Bonchev–Trinajstić information content (AvgIpc) is 2.97. The summed E-state index contributed by atoms with van der Waals surface area (Å²) in [4.78, 5) is 29.2. The molecule has 2 aromatic carbocycles. The Labute approximate surface area is 157 Å². The first-order valence-corrected chi connectivity index (χ1v) is 9.03. The van der Waals surface area contributed by atoms with Crippen molar-refractivity contribution in [3.05, 3.63) is 68.5 Å². The molecular formula is C19H13ClN2O3S. The van der Waals surface area contributed by atoms with Gasteiger partial charge in [0, 0.05) is 11.1 Å². The molecular weight excluding hydrogens is 372 g/mol. The second-order valence-electron chi connectivity index (χ2n) is 5.99. The highest BCUT2D eigenvalue weighted by Gasteiger charge is 2.15. The molecule has 0 spiro atoms. The van der Waals surface area contributed by atoms with Gasteiger partial charge in [-0.05, 0) is 55.3 Å². The van der Waals surface area contributed by atoms with Crippen LogP contribution in [0, 0.1) is 13.8 Å². The van der Waals surface area contributed by atoms with Crippen LogP contribution in [0.5, 0.6) is 0 Å². The maximum absolute atomic E-state index is 12.5. The molecule has 2 heterocycles. The minimum Gasteiger partial charge on any atom is -0.451 e. The average molecular weight is 385 g/mol. The van der Waals surface area contributed by atoms with Crippen LogP contribution in [-0.2, 0) is 0 Å². The van der Waals surface area contributed by atoms with Gasteiger partial charge in [-0.15, -0.1) is 0 Å². The first-order valence-electron chi connectivity index (χ1n) is 7.83. The predicted octanol–water partition coefficient (Wildman–Crippen LogP) is 4.93. The summed E-state index contributed by atoms with van der Waals surface area (Å²) in [7, 11) is 0. The number of fused-ring (bicyclic) bond motifs is 2. The van der Waals surface area contributed by atoms with Crippen molar-refractivity contribution >= 4 is 55.2 Å². The number of thiazole rings is 1. The lowest BCUT2D eigenvalue weighted by Crippen LogP contribution is -2.15. The topological polar surface area (TPSA) is 72.2 Å². The lowest BCUT2D eigenvalue weighted by Gasteiger charge is -2.05. The number of aromatic nitrogens is 1. The maximum atomic E-state index is 12.5. The van der Waals surface area contributed by atoms with Crippen molar-refractivity contribution in [3.8, 4) is 0 Å². The van der Waals surface area contributed by atoms with Crippen molar-refractivity contribution in [1.82, 2.24) is 4.98 Å². The van der Waals surface area contributed by atoms with Crippen LogP contribution in [0.2, 0.25) is 5.02 Å². The van der Waals surface area contributed by atoms with Gasteiger partial charge in [-0.25, -0.2) is 4.98 Å². The van der Waals surface area contributed by atoms with Crippen LogP contribution in [0.25, 0.3) is 21.2 Å². The molecule has 7 heteroatoms. The number of aryl methyl sites for hydroxylation is 2. The zero-order chi connectivity index (χ0) is 18.4. The molecule has 0 fully saturated rings. The molecule has 0 radical (unpaired) electrons. The van der Waals surface area contributed by atoms with E-state index < -0.39 is 5.91 Å². The van der Waals surface area contributed by atoms with Crippen LogP contribution < -0.4 is 10.7 Å². The minimum absolute atomic E-state index is 0.0527. The third kappa shape index (κ3) is 2.98. The van der Waals surface area contributed by atoms with Crippen molar-refractivity contribution in [2.75, 3.05) is 5.32 Å². The lowest BCUT2D eigenvalue weighted by atomic mass is 10.1. The molecule has 2 aromatic heterocycles. The minimum atomic E-state index is -0.521. The van der Waals surface area contributed by atoms with Gasteiger partial charge in [0.25, 0.3) is 5.91 Å². The van der Waals surface area contributed by atoms with Gasteiger partial charge in [0.05, 0.1) is 15.6 Å². The van der Waals surface area contributed by atoms with E-state index in [4.69, 9.17) is 16.0 Å². The predicted molar refractivity (Wildman–Crippen MR) is 105 cm³/mol. The van der Waals surface area contributed by atoms with Crippen LogP contribution in [0.1, 0.15) is 21.7 Å². The van der Waals surface area contributed by atoms with E-state index in [1.165, 1.54) is 17.4 Å². The molecule has 1 amide bonds. The third-order valence-electron chi connectivity index (χ3n) is 4.14. The number of anilines is 1. The van der Waals surface area contributed by atoms with Crippen molar-refractivity contribution in [2.24, 2.45) is 0 Å². The van der Waals surface area contributed by atoms with Gasteiger partial charge < -0.3 is 4.42 Å². The van der Waals surface area contributed by atoms with Gasteiger partial charge >= 0.3 is 0 Å². The highest BCUT2D eigenvalue weighted by Crippen LogP contribution is 2.28. The highest BCUT2D eigenvalue weighted by molar-refractivity contribution is 7.22. The molecule has 4 rings (SSSR count). The molecule has 0 saturated heterocycles. The Bertz CT molecular complexity index is 1240. The number of carbonyl (C=O) groups excluding carboxylic acids is 1. The van der Waals surface area contributed by atoms with Crippen molar-refractivity contribution < 1.29 is 9.21 Å². The lowest BCUT2D eigenvalue weighted by molar-refractivity contribution is 0.0997. The zero-order valence-corrected chi connectivity index (χ0v) is 15.5. The second-order valence-corrected chi connectivity index (χ2v) is 7.46. The fourth-order valence-electron chi connectivity index (χ4n) is 2.63. The summed E-state index contributed by atoms with van der Waals surface area (Å²) >= 11 is 7.27. The smallest absolute Gasteiger partial charge is 0.293 e. The van der Waals surface area contributed by atoms with Gasteiger partial charge in [-0.2, -0.15) is 0 Å². The Hall–Kier alpha value is -2.70. The summed E-state index contributed by atoms with van der Waals surface area (Å²) in [6.07, 6.45) is 0. The summed E-state index contributed by atoms with van der Waals surface area (Å²) in [6.45, 7) is 3.85. The van der Waals surface area contributed by atoms with Gasteiger partial charge in [-0.3, -0.25) is 14.9 Å². The molecule has 0 unspecified atom stereocenters. The summed E-state index contributed by atoms with van der Waals surface area (Å²) in [5, 5.41) is 4.15. The molecule has 0 atom stereocenters. The van der Waals surface area contributed by atoms with E-state index in [1.807, 2.05) is 13.8 Å². The first-order chi connectivity index (χ1) is 12.4. The van der Waals surface area contributed by atoms with Crippen molar-refractivity contribution in [1.29, 1.82) is 0 Å². The molecule has 4 aromatic rings. The van der Waals surface area contributed by atoms with Crippen LogP contribution in [0.4, 0.5) is 5.13 Å². The summed E-state index contributed by atoms with van der Waals surface area (Å²) in [6, 6.07) is 10.0.